The predicted octanol–water partition coefficient (Wildman–Crippen LogP) is 6.77. The summed E-state index contributed by atoms with van der Waals surface area (Å²) in [6.07, 6.45) is 1.77. The van der Waals surface area contributed by atoms with E-state index < -0.39 is 62.9 Å². The number of amides is 4. The van der Waals surface area contributed by atoms with E-state index in [1.165, 1.54) is 17.0 Å². The van der Waals surface area contributed by atoms with Crippen LogP contribution in [0.25, 0.3) is 22.6 Å². The van der Waals surface area contributed by atoms with Crippen LogP contribution in [0.1, 0.15) is 24.3 Å². The quantitative estimate of drug-likeness (QED) is 0.109. The molecule has 4 aromatic carbocycles. The van der Waals surface area contributed by atoms with Crippen molar-refractivity contribution in [2.45, 2.75) is 28.5 Å². The zero-order chi connectivity index (χ0) is 37.5. The van der Waals surface area contributed by atoms with E-state index in [1.54, 1.807) is 48.5 Å². The Morgan fingerprint density at radius 2 is 1.52 bits per heavy atom. The molecular formula is C41H30Cl2FN3O7. The van der Waals surface area contributed by atoms with Gasteiger partial charge in [-0.3, -0.25) is 24.1 Å². The van der Waals surface area contributed by atoms with Gasteiger partial charge in [-0.05, 0) is 85.5 Å². The minimum absolute atomic E-state index is 0.0695. The summed E-state index contributed by atoms with van der Waals surface area (Å²) in [6, 6.07) is 25.8. The predicted molar refractivity (Wildman–Crippen MR) is 198 cm³/mol. The van der Waals surface area contributed by atoms with Gasteiger partial charge in [0, 0.05) is 17.0 Å². The molecule has 2 saturated heterocycles. The van der Waals surface area contributed by atoms with Gasteiger partial charge in [0.15, 0.2) is 15.3 Å². The average Bonchev–Trinajstić information content (AvgIpc) is 3.77. The van der Waals surface area contributed by atoms with Gasteiger partial charge in [-0.1, -0.05) is 42.0 Å². The lowest BCUT2D eigenvalue weighted by Gasteiger charge is -2.50. The number of carbonyl (C=O) groups is 4. The van der Waals surface area contributed by atoms with Crippen molar-refractivity contribution in [3.8, 4) is 17.2 Å². The maximum absolute atomic E-state index is 14.7. The number of aromatic nitrogens is 1. The highest BCUT2D eigenvalue weighted by atomic mass is 35.5. The highest BCUT2D eigenvalue weighted by molar-refractivity contribution is 6.58. The van der Waals surface area contributed by atoms with Crippen molar-refractivity contribution in [3.63, 3.8) is 0 Å². The molecule has 1 N–H and O–H groups in total. The van der Waals surface area contributed by atoms with E-state index in [0.29, 0.717) is 45.1 Å². The zero-order valence-electron chi connectivity index (χ0n) is 28.3. The first kappa shape index (κ1) is 34.4. The van der Waals surface area contributed by atoms with Crippen molar-refractivity contribution < 1.29 is 37.8 Å². The zero-order valence-corrected chi connectivity index (χ0v) is 29.8. The molecule has 3 heterocycles. The van der Waals surface area contributed by atoms with Crippen molar-refractivity contribution >= 4 is 69.3 Å². The SMILES string of the molecule is O=C1C2CC=C3C(CC4(Cl)C(=O)N(c5ccc(F)cc5)C(=O)C4(Cl)C3c3ccccc3OCCO)C2C(=O)N1c1ccc(-c2nc3ccccc3o2)cc1. The summed E-state index contributed by atoms with van der Waals surface area (Å²) >= 11 is 15.0. The molecule has 9 rings (SSSR count). The maximum atomic E-state index is 14.7. The van der Waals surface area contributed by atoms with Gasteiger partial charge in [0.1, 0.15) is 23.7 Å². The molecule has 0 bridgehead atoms. The first-order valence-electron chi connectivity index (χ1n) is 17.5. The van der Waals surface area contributed by atoms with E-state index in [9.17, 15) is 28.7 Å². The van der Waals surface area contributed by atoms with E-state index in [2.05, 4.69) is 4.98 Å². The standard InChI is InChI=1S/C41H30Cl2FN3O7/c42-40-21-29-26(17-18-28-33(29)37(50)46(36(28)49)24-13-9-22(10-14-24)35-45-30-6-2-4-8-32(30)54-35)34(27-5-1-3-7-31(27)53-20-19-48)41(40,43)39(52)47(38(40)51)25-15-11-23(44)12-16-25/h1-17,28-29,33-34,48H,18-21H2. The van der Waals surface area contributed by atoms with Crippen LogP contribution < -0.4 is 14.5 Å². The molecule has 6 unspecified atom stereocenters. The van der Waals surface area contributed by atoms with Crippen molar-refractivity contribution in [2.24, 2.45) is 17.8 Å². The van der Waals surface area contributed by atoms with E-state index >= 15 is 0 Å². The summed E-state index contributed by atoms with van der Waals surface area (Å²) in [5.41, 5.74) is 3.43. The van der Waals surface area contributed by atoms with Crippen LogP contribution in [-0.2, 0) is 19.2 Å². The Labute approximate surface area is 317 Å². The molecule has 1 saturated carbocycles. The van der Waals surface area contributed by atoms with E-state index in [-0.39, 0.29) is 31.7 Å². The molecule has 54 heavy (non-hydrogen) atoms. The van der Waals surface area contributed by atoms with Gasteiger partial charge in [-0.25, -0.2) is 14.3 Å². The highest BCUT2D eigenvalue weighted by Gasteiger charge is 2.77. The number of imide groups is 2. The number of oxazole rings is 1. The number of hydrogen-bond acceptors (Lipinski definition) is 8. The molecule has 0 spiro atoms. The number of aliphatic hydroxyl groups is 1. The largest absolute Gasteiger partial charge is 0.491 e. The summed E-state index contributed by atoms with van der Waals surface area (Å²) in [5, 5.41) is 9.60. The molecule has 5 aromatic rings. The van der Waals surface area contributed by atoms with Crippen LogP contribution in [0.15, 0.2) is 113 Å². The number of carbonyl (C=O) groups excluding carboxylic acids is 4. The number of alkyl halides is 2. The molecule has 2 aliphatic heterocycles. The third-order valence-corrected chi connectivity index (χ3v) is 12.6. The summed E-state index contributed by atoms with van der Waals surface area (Å²) < 4.78 is 25.8. The fraction of sp³-hybridized carbons (Fsp3) is 0.244. The summed E-state index contributed by atoms with van der Waals surface area (Å²) in [4.78, 5) is 60.3. The Balaban J connectivity index is 1.13. The maximum Gasteiger partial charge on any atom is 0.258 e. The lowest BCUT2D eigenvalue weighted by atomic mass is 9.56. The number of ether oxygens (including phenoxy) is 1. The lowest BCUT2D eigenvalue weighted by molar-refractivity contribution is -0.125. The van der Waals surface area contributed by atoms with E-state index in [1.807, 2.05) is 30.3 Å². The van der Waals surface area contributed by atoms with Gasteiger partial charge in [0.2, 0.25) is 17.7 Å². The molecule has 4 aliphatic rings. The second-order valence-corrected chi connectivity index (χ2v) is 15.1. The average molecular weight is 767 g/mol. The van der Waals surface area contributed by atoms with Gasteiger partial charge in [0.05, 0.1) is 29.8 Å². The van der Waals surface area contributed by atoms with E-state index in [0.717, 1.165) is 17.0 Å². The van der Waals surface area contributed by atoms with Crippen LogP contribution >= 0.6 is 23.2 Å². The van der Waals surface area contributed by atoms with Gasteiger partial charge in [-0.2, -0.15) is 0 Å². The number of benzene rings is 4. The Hall–Kier alpha value is -5.36. The van der Waals surface area contributed by atoms with Crippen LogP contribution in [0.3, 0.4) is 0 Å². The monoisotopic (exact) mass is 765 g/mol. The number of aliphatic hydroxyl groups excluding tert-OH is 1. The van der Waals surface area contributed by atoms with Gasteiger partial charge in [-0.15, -0.1) is 23.2 Å². The van der Waals surface area contributed by atoms with Crippen LogP contribution in [0.5, 0.6) is 5.75 Å². The Bertz CT molecular complexity index is 2380. The second kappa shape index (κ2) is 12.6. The summed E-state index contributed by atoms with van der Waals surface area (Å²) in [5.74, 6) is -5.95. The Morgan fingerprint density at radius 3 is 2.26 bits per heavy atom. The summed E-state index contributed by atoms with van der Waals surface area (Å²) in [6.45, 7) is -0.364. The van der Waals surface area contributed by atoms with Crippen molar-refractivity contribution in [2.75, 3.05) is 23.0 Å². The Kier molecular flexibility index (Phi) is 8.04. The molecule has 3 fully saturated rings. The number of anilines is 2. The third-order valence-electron chi connectivity index (χ3n) is 11.1. The topological polar surface area (TPSA) is 130 Å². The number of halogens is 3. The molecule has 6 atom stereocenters. The lowest BCUT2D eigenvalue weighted by Crippen LogP contribution is -2.60. The number of fused-ring (bicyclic) bond motifs is 5. The van der Waals surface area contributed by atoms with Gasteiger partial charge < -0.3 is 14.3 Å². The van der Waals surface area contributed by atoms with Crippen LogP contribution in [0.4, 0.5) is 15.8 Å². The normalized spacial score (nSPS) is 27.6. The molecule has 2 aliphatic carbocycles. The highest BCUT2D eigenvalue weighted by Crippen LogP contribution is 2.66. The van der Waals surface area contributed by atoms with Gasteiger partial charge in [0.25, 0.3) is 11.8 Å². The fourth-order valence-electron chi connectivity index (χ4n) is 8.75. The molecule has 4 amide bonds. The number of para-hydroxylation sites is 3. The van der Waals surface area contributed by atoms with E-state index in [4.69, 9.17) is 32.4 Å². The number of rotatable bonds is 7. The fourth-order valence-corrected chi connectivity index (χ4v) is 9.68. The smallest absolute Gasteiger partial charge is 0.258 e. The minimum atomic E-state index is -2.13. The van der Waals surface area contributed by atoms with Crippen molar-refractivity contribution in [1.29, 1.82) is 0 Å². The molecule has 0 radical (unpaired) electrons. The molecule has 13 heteroatoms. The second-order valence-electron chi connectivity index (χ2n) is 13.9. The van der Waals surface area contributed by atoms with Gasteiger partial charge >= 0.3 is 0 Å². The molecule has 1 aromatic heterocycles. The Morgan fingerprint density at radius 1 is 0.833 bits per heavy atom. The minimum Gasteiger partial charge on any atom is -0.491 e. The molecule has 10 nitrogen and oxygen atoms in total. The summed E-state index contributed by atoms with van der Waals surface area (Å²) in [7, 11) is 0. The third kappa shape index (κ3) is 4.84. The number of nitrogens with zero attached hydrogens (tertiary/aromatic N) is 3. The van der Waals surface area contributed by atoms with Crippen LogP contribution in [-0.4, -0.2) is 56.7 Å². The number of hydrogen-bond donors (Lipinski definition) is 1. The van der Waals surface area contributed by atoms with Crippen LogP contribution in [0.2, 0.25) is 0 Å². The first-order chi connectivity index (χ1) is 26.1. The number of allylic oxidation sites excluding steroid dienone is 2. The van der Waals surface area contributed by atoms with Crippen LogP contribution in [0, 0.1) is 23.6 Å². The molecular weight excluding hydrogens is 736 g/mol. The molecule has 272 valence electrons. The van der Waals surface area contributed by atoms with Crippen molar-refractivity contribution in [3.05, 3.63) is 120 Å². The van der Waals surface area contributed by atoms with Crippen molar-refractivity contribution in [1.82, 2.24) is 4.98 Å². The first-order valence-corrected chi connectivity index (χ1v) is 18.2.